The normalized spacial score (nSPS) is 9.83. The number of hydrogen-bond acceptors (Lipinski definition) is 2. The van der Waals surface area contributed by atoms with E-state index in [9.17, 15) is 4.39 Å². The van der Waals surface area contributed by atoms with Crippen LogP contribution < -0.4 is 5.32 Å². The fraction of sp³-hybridized carbons (Fsp3) is 0.0714. The van der Waals surface area contributed by atoms with Crippen molar-refractivity contribution in [1.82, 2.24) is 0 Å². The first-order valence-corrected chi connectivity index (χ1v) is 6.45. The minimum Gasteiger partial charge on any atom is -0.380 e. The molecule has 0 saturated heterocycles. The molecule has 0 fully saturated rings. The average molecular weight is 352 g/mol. The van der Waals surface area contributed by atoms with Gasteiger partial charge in [0.05, 0.1) is 11.3 Å². The van der Waals surface area contributed by atoms with Crippen molar-refractivity contribution in [2.24, 2.45) is 0 Å². The van der Waals surface area contributed by atoms with Crippen LogP contribution in [0.25, 0.3) is 0 Å². The maximum Gasteiger partial charge on any atom is 0.124 e. The summed E-state index contributed by atoms with van der Waals surface area (Å²) in [6, 6.07) is 14.2. The van der Waals surface area contributed by atoms with Crippen LogP contribution in [0.2, 0.25) is 0 Å². The van der Waals surface area contributed by atoms with Crippen molar-refractivity contribution in [2.75, 3.05) is 5.32 Å². The molecule has 18 heavy (non-hydrogen) atoms. The topological polar surface area (TPSA) is 35.8 Å². The van der Waals surface area contributed by atoms with E-state index >= 15 is 0 Å². The van der Waals surface area contributed by atoms with Gasteiger partial charge in [-0.3, -0.25) is 0 Å². The van der Waals surface area contributed by atoms with Crippen LogP contribution >= 0.6 is 22.6 Å². The molecule has 0 aromatic heterocycles. The van der Waals surface area contributed by atoms with Crippen LogP contribution in [0.5, 0.6) is 0 Å². The number of nitriles is 1. The Kier molecular flexibility index (Phi) is 4.15. The smallest absolute Gasteiger partial charge is 0.124 e. The van der Waals surface area contributed by atoms with Gasteiger partial charge in [-0.1, -0.05) is 12.1 Å². The van der Waals surface area contributed by atoms with Gasteiger partial charge in [-0.2, -0.15) is 5.26 Å². The zero-order valence-electron chi connectivity index (χ0n) is 9.45. The molecule has 4 heteroatoms. The van der Waals surface area contributed by atoms with E-state index < -0.39 is 5.82 Å². The molecule has 2 aromatic rings. The van der Waals surface area contributed by atoms with Crippen molar-refractivity contribution in [3.05, 3.63) is 63.0 Å². The first kappa shape index (κ1) is 12.8. The molecule has 2 nitrogen and oxygen atoms in total. The molecule has 90 valence electrons. The fourth-order valence-electron chi connectivity index (χ4n) is 1.56. The molecule has 0 spiro atoms. The highest BCUT2D eigenvalue weighted by Crippen LogP contribution is 2.17. The van der Waals surface area contributed by atoms with E-state index in [2.05, 4.69) is 27.9 Å². The monoisotopic (exact) mass is 352 g/mol. The number of halogens is 2. The quantitative estimate of drug-likeness (QED) is 0.851. The lowest BCUT2D eigenvalue weighted by atomic mass is 10.1. The van der Waals surface area contributed by atoms with Gasteiger partial charge in [-0.05, 0) is 58.5 Å². The van der Waals surface area contributed by atoms with Crippen LogP contribution in [0.4, 0.5) is 10.1 Å². The van der Waals surface area contributed by atoms with E-state index in [1.54, 1.807) is 6.07 Å². The molecule has 0 aliphatic heterocycles. The van der Waals surface area contributed by atoms with E-state index in [4.69, 9.17) is 5.26 Å². The summed E-state index contributed by atoms with van der Waals surface area (Å²) >= 11 is 2.25. The average Bonchev–Trinajstić information content (AvgIpc) is 2.39. The molecule has 0 aliphatic carbocycles. The minimum absolute atomic E-state index is 0.320. The number of anilines is 1. The second-order valence-electron chi connectivity index (χ2n) is 3.78. The van der Waals surface area contributed by atoms with E-state index in [-0.39, 0.29) is 0 Å². The van der Waals surface area contributed by atoms with Gasteiger partial charge < -0.3 is 5.32 Å². The minimum atomic E-state index is -0.397. The summed E-state index contributed by atoms with van der Waals surface area (Å²) < 4.78 is 14.1. The van der Waals surface area contributed by atoms with Crippen LogP contribution in [-0.2, 0) is 6.54 Å². The highest BCUT2D eigenvalue weighted by molar-refractivity contribution is 14.1. The summed E-state index contributed by atoms with van der Waals surface area (Å²) in [5, 5.41) is 12.1. The number of rotatable bonds is 3. The Balaban J connectivity index is 2.11. The Hall–Kier alpha value is -1.61. The number of benzene rings is 2. The third-order valence-corrected chi connectivity index (χ3v) is 3.22. The van der Waals surface area contributed by atoms with Crippen molar-refractivity contribution in [1.29, 1.82) is 5.26 Å². The van der Waals surface area contributed by atoms with Crippen LogP contribution in [0.3, 0.4) is 0 Å². The Morgan fingerprint density at radius 3 is 2.56 bits per heavy atom. The summed E-state index contributed by atoms with van der Waals surface area (Å²) in [6.07, 6.45) is 0. The fourth-order valence-corrected chi connectivity index (χ4v) is 1.92. The van der Waals surface area contributed by atoms with E-state index in [0.29, 0.717) is 17.8 Å². The number of nitrogens with zero attached hydrogens (tertiary/aromatic N) is 1. The molecule has 0 unspecified atom stereocenters. The van der Waals surface area contributed by atoms with Crippen molar-refractivity contribution in [3.8, 4) is 6.07 Å². The largest absolute Gasteiger partial charge is 0.380 e. The van der Waals surface area contributed by atoms with Crippen LogP contribution in [0, 0.1) is 20.7 Å². The number of nitrogens with one attached hydrogen (secondary N) is 1. The third kappa shape index (κ3) is 3.20. The molecule has 0 saturated carbocycles. The highest BCUT2D eigenvalue weighted by atomic mass is 127. The predicted octanol–water partition coefficient (Wildman–Crippen LogP) is 3.91. The molecular formula is C14H10FIN2. The molecule has 0 atom stereocenters. The summed E-state index contributed by atoms with van der Waals surface area (Å²) in [5.41, 5.74) is 2.08. The first-order chi connectivity index (χ1) is 8.69. The molecule has 0 bridgehead atoms. The second kappa shape index (κ2) is 5.83. The lowest BCUT2D eigenvalue weighted by molar-refractivity contribution is 0.627. The maximum atomic E-state index is 13.0. The van der Waals surface area contributed by atoms with Crippen molar-refractivity contribution >= 4 is 28.3 Å². The van der Waals surface area contributed by atoms with Gasteiger partial charge in [0.25, 0.3) is 0 Å². The van der Waals surface area contributed by atoms with Crippen molar-refractivity contribution in [3.63, 3.8) is 0 Å². The van der Waals surface area contributed by atoms with E-state index in [1.807, 2.05) is 30.3 Å². The van der Waals surface area contributed by atoms with Gasteiger partial charge in [0.2, 0.25) is 0 Å². The van der Waals surface area contributed by atoms with Gasteiger partial charge in [0, 0.05) is 10.1 Å². The van der Waals surface area contributed by atoms with Crippen LogP contribution in [-0.4, -0.2) is 0 Å². The molecular weight excluding hydrogens is 342 g/mol. The zero-order chi connectivity index (χ0) is 13.0. The second-order valence-corrected chi connectivity index (χ2v) is 5.03. The highest BCUT2D eigenvalue weighted by Gasteiger charge is 2.03. The first-order valence-electron chi connectivity index (χ1n) is 5.37. The summed E-state index contributed by atoms with van der Waals surface area (Å²) in [7, 11) is 0. The van der Waals surface area contributed by atoms with E-state index in [0.717, 1.165) is 5.56 Å². The van der Waals surface area contributed by atoms with Gasteiger partial charge in [-0.15, -0.1) is 0 Å². The molecule has 1 N–H and O–H groups in total. The van der Waals surface area contributed by atoms with Crippen molar-refractivity contribution in [2.45, 2.75) is 6.54 Å². The molecule has 0 heterocycles. The van der Waals surface area contributed by atoms with Crippen LogP contribution in [0.1, 0.15) is 11.1 Å². The lowest BCUT2D eigenvalue weighted by Gasteiger charge is -2.08. The molecule has 0 aliphatic rings. The Morgan fingerprint density at radius 1 is 1.17 bits per heavy atom. The zero-order valence-corrected chi connectivity index (χ0v) is 11.6. The molecule has 2 rings (SSSR count). The lowest BCUT2D eigenvalue weighted by Crippen LogP contribution is -2.01. The van der Waals surface area contributed by atoms with E-state index in [1.165, 1.54) is 15.7 Å². The van der Waals surface area contributed by atoms with Crippen molar-refractivity contribution < 1.29 is 4.39 Å². The van der Waals surface area contributed by atoms with Gasteiger partial charge in [0.1, 0.15) is 11.9 Å². The predicted molar refractivity (Wildman–Crippen MR) is 77.6 cm³/mol. The third-order valence-electron chi connectivity index (χ3n) is 2.50. The molecule has 2 aromatic carbocycles. The SMILES string of the molecule is N#Cc1cc(F)ccc1NCc1ccc(I)cc1. The Morgan fingerprint density at radius 2 is 1.89 bits per heavy atom. The molecule has 0 radical (unpaired) electrons. The maximum absolute atomic E-state index is 13.0. The van der Waals surface area contributed by atoms with Gasteiger partial charge in [0.15, 0.2) is 0 Å². The van der Waals surface area contributed by atoms with Gasteiger partial charge in [-0.25, -0.2) is 4.39 Å². The summed E-state index contributed by atoms with van der Waals surface area (Å²) in [4.78, 5) is 0. The summed E-state index contributed by atoms with van der Waals surface area (Å²) in [6.45, 7) is 0.608. The Labute approximate surface area is 119 Å². The van der Waals surface area contributed by atoms with Crippen LogP contribution in [0.15, 0.2) is 42.5 Å². The molecule has 0 amide bonds. The summed E-state index contributed by atoms with van der Waals surface area (Å²) in [5.74, 6) is -0.397. The standard InChI is InChI=1S/C14H10FIN2/c15-12-3-6-14(11(7-12)8-17)18-9-10-1-4-13(16)5-2-10/h1-7,18H,9H2. The Bertz CT molecular complexity index is 588. The van der Waals surface area contributed by atoms with Gasteiger partial charge >= 0.3 is 0 Å². The number of hydrogen-bond donors (Lipinski definition) is 1.